The van der Waals surface area contributed by atoms with Gasteiger partial charge in [0.25, 0.3) is 0 Å². The Labute approximate surface area is 202 Å². The van der Waals surface area contributed by atoms with E-state index < -0.39 is 29.7 Å². The minimum atomic E-state index is -0.833. The molecule has 1 aliphatic heterocycles. The van der Waals surface area contributed by atoms with E-state index in [2.05, 4.69) is 5.32 Å². The highest BCUT2D eigenvalue weighted by Gasteiger charge is 2.32. The molecular formula is C25H38N2O7. The first-order valence-corrected chi connectivity index (χ1v) is 11.7. The van der Waals surface area contributed by atoms with Gasteiger partial charge in [-0.05, 0) is 46.1 Å². The molecule has 1 aliphatic rings. The number of hydrogen-bond donors (Lipinski definition) is 1. The van der Waals surface area contributed by atoms with E-state index >= 15 is 0 Å². The van der Waals surface area contributed by atoms with E-state index in [4.69, 9.17) is 18.9 Å². The highest BCUT2D eigenvalue weighted by Crippen LogP contribution is 2.20. The molecule has 0 spiro atoms. The summed E-state index contributed by atoms with van der Waals surface area (Å²) in [5.74, 6) is -0.950. The summed E-state index contributed by atoms with van der Waals surface area (Å²) >= 11 is 0. The monoisotopic (exact) mass is 478 g/mol. The van der Waals surface area contributed by atoms with Crippen molar-refractivity contribution in [1.82, 2.24) is 10.2 Å². The molecule has 0 radical (unpaired) electrons. The lowest BCUT2D eigenvalue weighted by Gasteiger charge is -2.27. The summed E-state index contributed by atoms with van der Waals surface area (Å²) in [5.41, 5.74) is 0.279. The van der Waals surface area contributed by atoms with Gasteiger partial charge in [0.2, 0.25) is 5.91 Å². The molecule has 3 atom stereocenters. The maximum atomic E-state index is 12.7. The van der Waals surface area contributed by atoms with Crippen LogP contribution < -0.4 is 5.32 Å². The van der Waals surface area contributed by atoms with Gasteiger partial charge in [-0.2, -0.15) is 0 Å². The summed E-state index contributed by atoms with van der Waals surface area (Å²) in [6, 6.07) is 9.30. The van der Waals surface area contributed by atoms with E-state index in [0.29, 0.717) is 13.0 Å². The van der Waals surface area contributed by atoms with E-state index in [1.165, 1.54) is 0 Å². The van der Waals surface area contributed by atoms with Crippen molar-refractivity contribution >= 4 is 18.0 Å². The molecule has 1 fully saturated rings. The average molecular weight is 479 g/mol. The van der Waals surface area contributed by atoms with Gasteiger partial charge in [0.05, 0.1) is 18.8 Å². The molecule has 0 saturated carbocycles. The van der Waals surface area contributed by atoms with Gasteiger partial charge >= 0.3 is 12.1 Å². The summed E-state index contributed by atoms with van der Waals surface area (Å²) in [4.78, 5) is 39.0. The van der Waals surface area contributed by atoms with Gasteiger partial charge in [0.15, 0.2) is 0 Å². The van der Waals surface area contributed by atoms with E-state index in [1.807, 2.05) is 37.3 Å². The van der Waals surface area contributed by atoms with Gasteiger partial charge in [0, 0.05) is 20.1 Å². The fourth-order valence-corrected chi connectivity index (χ4v) is 3.58. The molecule has 0 bridgehead atoms. The summed E-state index contributed by atoms with van der Waals surface area (Å²) in [6.07, 6.45) is 0.436. The first-order chi connectivity index (χ1) is 16.1. The lowest BCUT2D eigenvalue weighted by molar-refractivity contribution is -0.155. The number of carbonyl (C=O) groups excluding carboxylic acids is 3. The molecule has 2 amide bonds. The molecule has 1 heterocycles. The quantitative estimate of drug-likeness (QED) is 0.488. The van der Waals surface area contributed by atoms with Crippen LogP contribution >= 0.6 is 0 Å². The first kappa shape index (κ1) is 27.6. The SMILES string of the molecule is COC(C)CC(OCC1CCCN1C(=O)OCc1ccccc1)C(=O)NCC(=O)OC(C)(C)C. The van der Waals surface area contributed by atoms with E-state index in [-0.39, 0.29) is 31.9 Å². The van der Waals surface area contributed by atoms with Crippen molar-refractivity contribution < 1.29 is 33.3 Å². The van der Waals surface area contributed by atoms with Crippen molar-refractivity contribution in [1.29, 1.82) is 0 Å². The second-order valence-electron chi connectivity index (χ2n) is 9.44. The third-order valence-corrected chi connectivity index (χ3v) is 5.37. The number of benzene rings is 1. The molecule has 9 nitrogen and oxygen atoms in total. The number of methoxy groups -OCH3 is 1. The molecule has 190 valence electrons. The Morgan fingerprint density at radius 3 is 2.53 bits per heavy atom. The fraction of sp³-hybridized carbons (Fsp3) is 0.640. The molecule has 1 N–H and O–H groups in total. The number of likely N-dealkylation sites (tertiary alicyclic amines) is 1. The number of rotatable bonds is 11. The maximum Gasteiger partial charge on any atom is 0.410 e. The Kier molecular flexibility index (Phi) is 10.8. The number of hydrogen-bond acceptors (Lipinski definition) is 7. The van der Waals surface area contributed by atoms with Crippen molar-refractivity contribution in [2.75, 3.05) is 26.8 Å². The van der Waals surface area contributed by atoms with Crippen LogP contribution in [0.15, 0.2) is 30.3 Å². The number of amides is 2. The zero-order valence-electron chi connectivity index (χ0n) is 20.9. The lowest BCUT2D eigenvalue weighted by atomic mass is 10.1. The van der Waals surface area contributed by atoms with Crippen LogP contribution in [0.4, 0.5) is 4.79 Å². The minimum absolute atomic E-state index is 0.182. The normalized spacial score (nSPS) is 17.7. The topological polar surface area (TPSA) is 103 Å². The minimum Gasteiger partial charge on any atom is -0.459 e. The number of ether oxygens (including phenoxy) is 4. The second-order valence-corrected chi connectivity index (χ2v) is 9.44. The van der Waals surface area contributed by atoms with Crippen molar-refractivity contribution in [2.45, 2.75) is 77.4 Å². The van der Waals surface area contributed by atoms with Crippen molar-refractivity contribution in [3.8, 4) is 0 Å². The first-order valence-electron chi connectivity index (χ1n) is 11.7. The Balaban J connectivity index is 1.89. The van der Waals surface area contributed by atoms with Crippen molar-refractivity contribution in [3.63, 3.8) is 0 Å². The zero-order chi connectivity index (χ0) is 25.1. The summed E-state index contributed by atoms with van der Waals surface area (Å²) in [6.45, 7) is 7.82. The van der Waals surface area contributed by atoms with Crippen LogP contribution in [0.25, 0.3) is 0 Å². The number of nitrogens with one attached hydrogen (secondary N) is 1. The fourth-order valence-electron chi connectivity index (χ4n) is 3.58. The third-order valence-electron chi connectivity index (χ3n) is 5.37. The molecule has 1 aromatic rings. The Morgan fingerprint density at radius 1 is 1.18 bits per heavy atom. The zero-order valence-corrected chi connectivity index (χ0v) is 20.9. The Bertz CT molecular complexity index is 794. The van der Waals surface area contributed by atoms with Gasteiger partial charge in [0.1, 0.15) is 24.9 Å². The standard InChI is InChI=1S/C25H38N2O7/c1-18(31-5)14-21(23(29)26-15-22(28)34-25(2,3)4)32-17-20-12-9-13-27(20)24(30)33-16-19-10-7-6-8-11-19/h6-8,10-11,18,20-21H,9,12-17H2,1-5H3,(H,26,29). The van der Waals surface area contributed by atoms with Crippen molar-refractivity contribution in [3.05, 3.63) is 35.9 Å². The van der Waals surface area contributed by atoms with Gasteiger partial charge in [-0.1, -0.05) is 30.3 Å². The van der Waals surface area contributed by atoms with Crippen LogP contribution in [0.5, 0.6) is 0 Å². The lowest BCUT2D eigenvalue weighted by Crippen LogP contribution is -2.45. The smallest absolute Gasteiger partial charge is 0.410 e. The van der Waals surface area contributed by atoms with E-state index in [0.717, 1.165) is 18.4 Å². The molecule has 0 aliphatic carbocycles. The van der Waals surface area contributed by atoms with Gasteiger partial charge in [-0.25, -0.2) is 4.79 Å². The van der Waals surface area contributed by atoms with E-state index in [1.54, 1.807) is 32.8 Å². The van der Waals surface area contributed by atoms with Gasteiger partial charge in [-0.15, -0.1) is 0 Å². The second kappa shape index (κ2) is 13.3. The average Bonchev–Trinajstić information content (AvgIpc) is 3.26. The van der Waals surface area contributed by atoms with Crippen LogP contribution in [-0.2, 0) is 35.1 Å². The summed E-state index contributed by atoms with van der Waals surface area (Å²) < 4.78 is 21.9. The molecule has 9 heteroatoms. The molecule has 2 rings (SSSR count). The summed E-state index contributed by atoms with van der Waals surface area (Å²) in [5, 5.41) is 2.58. The predicted molar refractivity (Wildman–Crippen MR) is 126 cm³/mol. The largest absolute Gasteiger partial charge is 0.459 e. The highest BCUT2D eigenvalue weighted by atomic mass is 16.6. The van der Waals surface area contributed by atoms with Gasteiger partial charge in [-0.3, -0.25) is 9.59 Å². The molecule has 1 aromatic carbocycles. The van der Waals surface area contributed by atoms with Crippen LogP contribution in [0.2, 0.25) is 0 Å². The molecule has 3 unspecified atom stereocenters. The highest BCUT2D eigenvalue weighted by molar-refractivity contribution is 5.85. The van der Waals surface area contributed by atoms with E-state index in [9.17, 15) is 14.4 Å². The Hall–Kier alpha value is -2.65. The number of nitrogens with zero attached hydrogens (tertiary/aromatic N) is 1. The molecule has 34 heavy (non-hydrogen) atoms. The third kappa shape index (κ3) is 9.69. The number of carbonyl (C=O) groups is 3. The van der Waals surface area contributed by atoms with Crippen LogP contribution in [0, 0.1) is 0 Å². The molecule has 1 saturated heterocycles. The van der Waals surface area contributed by atoms with Crippen molar-refractivity contribution in [2.24, 2.45) is 0 Å². The van der Waals surface area contributed by atoms with Crippen LogP contribution in [0.3, 0.4) is 0 Å². The summed E-state index contributed by atoms with van der Waals surface area (Å²) in [7, 11) is 1.56. The van der Waals surface area contributed by atoms with Gasteiger partial charge < -0.3 is 29.2 Å². The number of esters is 1. The molecule has 0 aromatic heterocycles. The Morgan fingerprint density at radius 2 is 1.88 bits per heavy atom. The predicted octanol–water partition coefficient (Wildman–Crippen LogP) is 3.06. The van der Waals surface area contributed by atoms with Crippen LogP contribution in [0.1, 0.15) is 52.5 Å². The maximum absolute atomic E-state index is 12.7. The molecular weight excluding hydrogens is 440 g/mol. The van der Waals surface area contributed by atoms with Crippen LogP contribution in [-0.4, -0.2) is 73.5 Å².